The molecule has 1 heterocycles. The molecule has 0 radical (unpaired) electrons. The lowest BCUT2D eigenvalue weighted by molar-refractivity contribution is 0.102. The van der Waals surface area contributed by atoms with Gasteiger partial charge in [-0.15, -0.1) is 0 Å². The molecular weight excluding hydrogens is 369 g/mol. The van der Waals surface area contributed by atoms with E-state index < -0.39 is 29.0 Å². The second-order valence-electron chi connectivity index (χ2n) is 5.10. The number of amides is 1. The van der Waals surface area contributed by atoms with Crippen LogP contribution in [0.1, 0.15) is 10.4 Å². The fourth-order valence-electron chi connectivity index (χ4n) is 2.02. The molecule has 2 aromatic carbocycles. The van der Waals surface area contributed by atoms with Gasteiger partial charge in [0.25, 0.3) is 5.91 Å². The van der Waals surface area contributed by atoms with Gasteiger partial charge in [0, 0.05) is 18.1 Å². The summed E-state index contributed by atoms with van der Waals surface area (Å²) in [6, 6.07) is 7.11. The minimum atomic E-state index is -0.802. The van der Waals surface area contributed by atoms with Crippen LogP contribution in [0, 0.1) is 17.5 Å². The Balaban J connectivity index is 1.72. The minimum absolute atomic E-state index is 0.0876. The van der Waals surface area contributed by atoms with Gasteiger partial charge in [0.1, 0.15) is 23.1 Å². The number of nitrogens with one attached hydrogen (secondary N) is 2. The molecule has 0 saturated carbocycles. The van der Waals surface area contributed by atoms with E-state index in [9.17, 15) is 18.0 Å². The van der Waals surface area contributed by atoms with E-state index in [4.69, 9.17) is 11.6 Å². The number of halogens is 4. The van der Waals surface area contributed by atoms with Crippen molar-refractivity contribution in [2.24, 2.45) is 0 Å². The predicted octanol–water partition coefficient (Wildman–Crippen LogP) is 4.54. The zero-order valence-electron chi connectivity index (χ0n) is 12.9. The zero-order valence-corrected chi connectivity index (χ0v) is 13.7. The number of hydrogen-bond acceptors (Lipinski definition) is 4. The van der Waals surface area contributed by atoms with Crippen LogP contribution in [-0.2, 0) is 0 Å². The standard InChI is InChI=1S/C17H10ClF3N4O/c18-11-6-10(4-5-12(11)19)24-16(26)9-7-22-17(23-8-9)25-15-13(20)2-1-3-14(15)21/h1-8H,(H,24,26)(H,22,23,25). The molecule has 0 aliphatic carbocycles. The highest BCUT2D eigenvalue weighted by Gasteiger charge is 2.12. The van der Waals surface area contributed by atoms with E-state index in [-0.39, 0.29) is 22.2 Å². The van der Waals surface area contributed by atoms with Crippen LogP contribution in [0.3, 0.4) is 0 Å². The van der Waals surface area contributed by atoms with Gasteiger partial charge in [0.05, 0.1) is 10.6 Å². The van der Waals surface area contributed by atoms with Crippen molar-refractivity contribution in [1.82, 2.24) is 9.97 Å². The van der Waals surface area contributed by atoms with E-state index in [0.717, 1.165) is 18.2 Å². The van der Waals surface area contributed by atoms with Gasteiger partial charge >= 0.3 is 0 Å². The molecule has 0 aliphatic rings. The second kappa shape index (κ2) is 7.40. The van der Waals surface area contributed by atoms with E-state index in [1.807, 2.05) is 0 Å². The summed E-state index contributed by atoms with van der Waals surface area (Å²) in [4.78, 5) is 19.8. The molecule has 0 saturated heterocycles. The lowest BCUT2D eigenvalue weighted by atomic mass is 10.2. The number of nitrogens with zero attached hydrogens (tertiary/aromatic N) is 2. The monoisotopic (exact) mass is 378 g/mol. The first-order valence-electron chi connectivity index (χ1n) is 7.23. The van der Waals surface area contributed by atoms with Crippen molar-refractivity contribution >= 4 is 34.8 Å². The Morgan fingerprint density at radius 3 is 2.23 bits per heavy atom. The zero-order chi connectivity index (χ0) is 18.7. The molecule has 0 spiro atoms. The van der Waals surface area contributed by atoms with Crippen LogP contribution in [0.4, 0.5) is 30.5 Å². The summed E-state index contributed by atoms with van der Waals surface area (Å²) < 4.78 is 40.3. The second-order valence-corrected chi connectivity index (χ2v) is 5.51. The highest BCUT2D eigenvalue weighted by Crippen LogP contribution is 2.22. The average molecular weight is 379 g/mol. The van der Waals surface area contributed by atoms with Crippen molar-refractivity contribution in [3.05, 3.63) is 76.8 Å². The van der Waals surface area contributed by atoms with Crippen molar-refractivity contribution < 1.29 is 18.0 Å². The SMILES string of the molecule is O=C(Nc1ccc(F)c(Cl)c1)c1cnc(Nc2c(F)cccc2F)nc1. The fourth-order valence-corrected chi connectivity index (χ4v) is 2.20. The summed E-state index contributed by atoms with van der Waals surface area (Å²) in [7, 11) is 0. The average Bonchev–Trinajstić information content (AvgIpc) is 2.62. The summed E-state index contributed by atoms with van der Waals surface area (Å²) in [6.07, 6.45) is 2.35. The summed E-state index contributed by atoms with van der Waals surface area (Å²) >= 11 is 5.65. The van der Waals surface area contributed by atoms with Gasteiger partial charge in [-0.05, 0) is 30.3 Å². The quantitative estimate of drug-likeness (QED) is 0.699. The number of rotatable bonds is 4. The Labute approximate surface area is 150 Å². The van der Waals surface area contributed by atoms with Crippen LogP contribution >= 0.6 is 11.6 Å². The van der Waals surface area contributed by atoms with Crippen molar-refractivity contribution in [3.63, 3.8) is 0 Å². The normalized spacial score (nSPS) is 10.5. The van der Waals surface area contributed by atoms with Gasteiger partial charge in [-0.2, -0.15) is 0 Å². The molecule has 2 N–H and O–H groups in total. The van der Waals surface area contributed by atoms with Crippen LogP contribution in [0.25, 0.3) is 0 Å². The van der Waals surface area contributed by atoms with Crippen molar-refractivity contribution in [2.45, 2.75) is 0 Å². The third kappa shape index (κ3) is 3.92. The lowest BCUT2D eigenvalue weighted by Gasteiger charge is -2.08. The number of para-hydroxylation sites is 1. The van der Waals surface area contributed by atoms with Crippen LogP contribution in [-0.4, -0.2) is 15.9 Å². The number of anilines is 3. The first kappa shape index (κ1) is 17.7. The molecule has 26 heavy (non-hydrogen) atoms. The van der Waals surface area contributed by atoms with Gasteiger partial charge in [-0.1, -0.05) is 17.7 Å². The maximum atomic E-state index is 13.6. The molecule has 9 heteroatoms. The highest BCUT2D eigenvalue weighted by molar-refractivity contribution is 6.31. The van der Waals surface area contributed by atoms with Crippen molar-refractivity contribution in [1.29, 1.82) is 0 Å². The topological polar surface area (TPSA) is 66.9 Å². The Hall–Kier alpha value is -3.13. The molecule has 0 aliphatic heterocycles. The van der Waals surface area contributed by atoms with Gasteiger partial charge in [0.15, 0.2) is 0 Å². The minimum Gasteiger partial charge on any atom is -0.322 e. The highest BCUT2D eigenvalue weighted by atomic mass is 35.5. The molecule has 1 amide bonds. The molecule has 3 aromatic rings. The molecular formula is C17H10ClF3N4O. The number of benzene rings is 2. The number of aromatic nitrogens is 2. The molecule has 0 bridgehead atoms. The van der Waals surface area contributed by atoms with Crippen molar-refractivity contribution in [3.8, 4) is 0 Å². The molecule has 0 fully saturated rings. The van der Waals surface area contributed by atoms with Gasteiger partial charge in [0.2, 0.25) is 5.95 Å². The summed E-state index contributed by atoms with van der Waals surface area (Å²) in [5.41, 5.74) is -0.0207. The molecule has 1 aromatic heterocycles. The summed E-state index contributed by atoms with van der Waals surface area (Å²) in [5.74, 6) is -2.86. The predicted molar refractivity (Wildman–Crippen MR) is 91.0 cm³/mol. The molecule has 3 rings (SSSR count). The van der Waals surface area contributed by atoms with Crippen LogP contribution in [0.5, 0.6) is 0 Å². The maximum absolute atomic E-state index is 13.6. The Morgan fingerprint density at radius 2 is 1.62 bits per heavy atom. The molecule has 0 unspecified atom stereocenters. The Kier molecular flexibility index (Phi) is 5.04. The molecule has 0 atom stereocenters. The number of hydrogen-bond donors (Lipinski definition) is 2. The molecule has 132 valence electrons. The fraction of sp³-hybridized carbons (Fsp3) is 0. The largest absolute Gasteiger partial charge is 0.322 e. The van der Waals surface area contributed by atoms with E-state index in [1.165, 1.54) is 30.6 Å². The van der Waals surface area contributed by atoms with E-state index in [2.05, 4.69) is 20.6 Å². The third-order valence-corrected chi connectivity index (χ3v) is 3.58. The smallest absolute Gasteiger partial charge is 0.258 e. The summed E-state index contributed by atoms with van der Waals surface area (Å²) in [6.45, 7) is 0. The Bertz CT molecular complexity index is 946. The van der Waals surface area contributed by atoms with Crippen LogP contribution < -0.4 is 10.6 Å². The number of carbonyl (C=O) groups excluding carboxylic acids is 1. The van der Waals surface area contributed by atoms with Gasteiger partial charge in [-0.25, -0.2) is 23.1 Å². The Morgan fingerprint density at radius 1 is 0.962 bits per heavy atom. The first-order valence-corrected chi connectivity index (χ1v) is 7.61. The molecule has 5 nitrogen and oxygen atoms in total. The lowest BCUT2D eigenvalue weighted by Crippen LogP contribution is -2.13. The van der Waals surface area contributed by atoms with E-state index >= 15 is 0 Å². The first-order chi connectivity index (χ1) is 12.4. The van der Waals surface area contributed by atoms with Gasteiger partial charge < -0.3 is 10.6 Å². The van der Waals surface area contributed by atoms with Crippen molar-refractivity contribution in [2.75, 3.05) is 10.6 Å². The summed E-state index contributed by atoms with van der Waals surface area (Å²) in [5, 5.41) is 4.78. The van der Waals surface area contributed by atoms with E-state index in [0.29, 0.717) is 0 Å². The third-order valence-electron chi connectivity index (χ3n) is 3.29. The van der Waals surface area contributed by atoms with Crippen LogP contribution in [0.15, 0.2) is 48.8 Å². The maximum Gasteiger partial charge on any atom is 0.258 e. The number of carbonyl (C=O) groups is 1. The van der Waals surface area contributed by atoms with Crippen LogP contribution in [0.2, 0.25) is 5.02 Å². The van der Waals surface area contributed by atoms with E-state index in [1.54, 1.807) is 0 Å². The van der Waals surface area contributed by atoms with Gasteiger partial charge in [-0.3, -0.25) is 4.79 Å².